The SMILES string of the molecule is CCn1c(=O)c2c(-c3nc(C)no3)ncn2c2cccnc21. The second-order valence-corrected chi connectivity index (χ2v) is 4.85. The van der Waals surface area contributed by atoms with Gasteiger partial charge >= 0.3 is 0 Å². The van der Waals surface area contributed by atoms with E-state index in [9.17, 15) is 4.79 Å². The Morgan fingerprint density at radius 1 is 1.32 bits per heavy atom. The van der Waals surface area contributed by atoms with Crippen LogP contribution in [0.15, 0.2) is 34.0 Å². The van der Waals surface area contributed by atoms with Crippen LogP contribution in [0.3, 0.4) is 0 Å². The summed E-state index contributed by atoms with van der Waals surface area (Å²) in [5.41, 5.74) is 2.03. The van der Waals surface area contributed by atoms with Crippen molar-refractivity contribution in [3.8, 4) is 11.6 Å². The van der Waals surface area contributed by atoms with Gasteiger partial charge in [0.25, 0.3) is 11.4 Å². The number of rotatable bonds is 2. The molecule has 4 heterocycles. The standard InChI is InChI=1S/C14H12N6O2/c1-3-19-12-9(5-4-6-15-12)20-7-16-10(11(20)14(19)21)13-17-8(2)18-22-13/h4-7H,3H2,1-2H3. The summed E-state index contributed by atoms with van der Waals surface area (Å²) in [6, 6.07) is 3.72. The molecule has 8 heteroatoms. The molecule has 0 radical (unpaired) electrons. The Bertz CT molecular complexity index is 1060. The minimum atomic E-state index is -0.183. The maximum Gasteiger partial charge on any atom is 0.278 e. The molecular weight excluding hydrogens is 284 g/mol. The van der Waals surface area contributed by atoms with Crippen molar-refractivity contribution in [2.45, 2.75) is 20.4 Å². The zero-order chi connectivity index (χ0) is 15.3. The minimum absolute atomic E-state index is 0.183. The lowest BCUT2D eigenvalue weighted by Gasteiger charge is -2.08. The highest BCUT2D eigenvalue weighted by atomic mass is 16.5. The van der Waals surface area contributed by atoms with Gasteiger partial charge < -0.3 is 4.52 Å². The summed E-state index contributed by atoms with van der Waals surface area (Å²) >= 11 is 0. The molecule has 4 aromatic heterocycles. The molecule has 0 fully saturated rings. The molecular formula is C14H12N6O2. The molecule has 0 spiro atoms. The predicted octanol–water partition coefficient (Wildman–Crippen LogP) is 1.42. The highest BCUT2D eigenvalue weighted by molar-refractivity contribution is 5.81. The number of fused-ring (bicyclic) bond motifs is 3. The Balaban J connectivity index is 2.20. The minimum Gasteiger partial charge on any atom is -0.332 e. The van der Waals surface area contributed by atoms with Gasteiger partial charge in [-0.15, -0.1) is 0 Å². The van der Waals surface area contributed by atoms with E-state index >= 15 is 0 Å². The maximum absolute atomic E-state index is 12.8. The number of hydrogen-bond acceptors (Lipinski definition) is 6. The molecule has 0 unspecified atom stereocenters. The zero-order valence-corrected chi connectivity index (χ0v) is 12.0. The van der Waals surface area contributed by atoms with E-state index in [2.05, 4.69) is 20.1 Å². The van der Waals surface area contributed by atoms with Crippen molar-refractivity contribution in [3.05, 3.63) is 40.8 Å². The highest BCUT2D eigenvalue weighted by Gasteiger charge is 2.20. The zero-order valence-electron chi connectivity index (χ0n) is 12.0. The lowest BCUT2D eigenvalue weighted by molar-refractivity contribution is 0.425. The number of pyridine rings is 1. The second-order valence-electron chi connectivity index (χ2n) is 4.85. The predicted molar refractivity (Wildman–Crippen MR) is 78.5 cm³/mol. The van der Waals surface area contributed by atoms with Crippen molar-refractivity contribution in [2.75, 3.05) is 0 Å². The van der Waals surface area contributed by atoms with Crippen LogP contribution >= 0.6 is 0 Å². The van der Waals surface area contributed by atoms with Crippen LogP contribution in [-0.4, -0.2) is 29.1 Å². The van der Waals surface area contributed by atoms with E-state index in [0.29, 0.717) is 29.2 Å². The van der Waals surface area contributed by atoms with Gasteiger partial charge in [-0.25, -0.2) is 9.97 Å². The fourth-order valence-corrected chi connectivity index (χ4v) is 2.59. The van der Waals surface area contributed by atoms with Gasteiger partial charge in [-0.2, -0.15) is 4.98 Å². The third kappa shape index (κ3) is 1.60. The van der Waals surface area contributed by atoms with Crippen molar-refractivity contribution < 1.29 is 4.52 Å². The molecule has 22 heavy (non-hydrogen) atoms. The van der Waals surface area contributed by atoms with Gasteiger partial charge in [-0.05, 0) is 26.0 Å². The quantitative estimate of drug-likeness (QED) is 0.555. The molecule has 0 aliphatic carbocycles. The number of aromatic nitrogens is 6. The molecule has 4 aromatic rings. The fraction of sp³-hybridized carbons (Fsp3) is 0.214. The molecule has 0 aliphatic heterocycles. The largest absolute Gasteiger partial charge is 0.332 e. The first-order valence-corrected chi connectivity index (χ1v) is 6.86. The fourth-order valence-electron chi connectivity index (χ4n) is 2.59. The van der Waals surface area contributed by atoms with Crippen LogP contribution in [0.5, 0.6) is 0 Å². The molecule has 0 aliphatic rings. The monoisotopic (exact) mass is 296 g/mol. The van der Waals surface area contributed by atoms with Crippen LogP contribution in [0.25, 0.3) is 28.3 Å². The Morgan fingerprint density at radius 2 is 2.18 bits per heavy atom. The number of hydrogen-bond donors (Lipinski definition) is 0. The Kier molecular flexibility index (Phi) is 2.59. The van der Waals surface area contributed by atoms with Gasteiger partial charge in [0, 0.05) is 12.7 Å². The van der Waals surface area contributed by atoms with Gasteiger partial charge in [-0.1, -0.05) is 5.16 Å². The van der Waals surface area contributed by atoms with Gasteiger partial charge in [0.15, 0.2) is 17.2 Å². The Morgan fingerprint density at radius 3 is 2.91 bits per heavy atom. The summed E-state index contributed by atoms with van der Waals surface area (Å²) < 4.78 is 8.48. The molecule has 0 amide bonds. The van der Waals surface area contributed by atoms with Crippen LogP contribution in [-0.2, 0) is 6.54 Å². The van der Waals surface area contributed by atoms with E-state index in [0.717, 1.165) is 5.52 Å². The van der Waals surface area contributed by atoms with Gasteiger partial charge in [0.2, 0.25) is 0 Å². The lowest BCUT2D eigenvalue weighted by Crippen LogP contribution is -2.23. The van der Waals surface area contributed by atoms with Gasteiger partial charge in [-0.3, -0.25) is 13.8 Å². The van der Waals surface area contributed by atoms with Gasteiger partial charge in [0.1, 0.15) is 11.8 Å². The third-order valence-corrected chi connectivity index (χ3v) is 3.54. The van der Waals surface area contributed by atoms with Crippen molar-refractivity contribution in [2.24, 2.45) is 0 Å². The summed E-state index contributed by atoms with van der Waals surface area (Å²) in [7, 11) is 0. The van der Waals surface area contributed by atoms with E-state index in [-0.39, 0.29) is 11.4 Å². The van der Waals surface area contributed by atoms with E-state index in [1.54, 1.807) is 28.4 Å². The molecule has 8 nitrogen and oxygen atoms in total. The first-order valence-electron chi connectivity index (χ1n) is 6.86. The molecule has 4 rings (SSSR count). The molecule has 0 saturated heterocycles. The molecule has 0 atom stereocenters. The second kappa shape index (κ2) is 4.48. The van der Waals surface area contributed by atoms with Crippen LogP contribution in [0.4, 0.5) is 0 Å². The van der Waals surface area contributed by atoms with E-state index in [1.165, 1.54) is 0 Å². The topological polar surface area (TPSA) is 91.1 Å². The highest BCUT2D eigenvalue weighted by Crippen LogP contribution is 2.22. The molecule has 0 saturated carbocycles. The summed E-state index contributed by atoms with van der Waals surface area (Å²) in [5.74, 6) is 0.734. The van der Waals surface area contributed by atoms with Crippen molar-refractivity contribution in [1.29, 1.82) is 0 Å². The summed E-state index contributed by atoms with van der Waals surface area (Å²) in [4.78, 5) is 25.6. The first-order chi connectivity index (χ1) is 10.7. The van der Waals surface area contributed by atoms with E-state index < -0.39 is 0 Å². The first kappa shape index (κ1) is 12.7. The molecule has 0 aromatic carbocycles. The molecule has 110 valence electrons. The normalized spacial score (nSPS) is 11.5. The van der Waals surface area contributed by atoms with Crippen LogP contribution in [0.1, 0.15) is 12.7 Å². The summed E-state index contributed by atoms with van der Waals surface area (Å²) in [6.45, 7) is 4.13. The number of aryl methyl sites for hydroxylation is 2. The lowest BCUT2D eigenvalue weighted by atomic mass is 10.3. The molecule has 0 N–H and O–H groups in total. The van der Waals surface area contributed by atoms with Gasteiger partial charge in [0.05, 0.1) is 5.52 Å². The smallest absolute Gasteiger partial charge is 0.278 e. The summed E-state index contributed by atoms with van der Waals surface area (Å²) in [5, 5.41) is 3.76. The van der Waals surface area contributed by atoms with E-state index in [4.69, 9.17) is 4.52 Å². The summed E-state index contributed by atoms with van der Waals surface area (Å²) in [6.07, 6.45) is 3.24. The average Bonchev–Trinajstić information content (AvgIpc) is 3.14. The number of nitrogens with zero attached hydrogens (tertiary/aromatic N) is 6. The Hall–Kier alpha value is -3.03. The van der Waals surface area contributed by atoms with Crippen LogP contribution in [0, 0.1) is 6.92 Å². The van der Waals surface area contributed by atoms with E-state index in [1.807, 2.05) is 19.1 Å². The van der Waals surface area contributed by atoms with Crippen LogP contribution in [0.2, 0.25) is 0 Å². The number of imidazole rings is 1. The van der Waals surface area contributed by atoms with Crippen molar-refractivity contribution in [3.63, 3.8) is 0 Å². The Labute approximate surface area is 124 Å². The average molecular weight is 296 g/mol. The van der Waals surface area contributed by atoms with Crippen LogP contribution < -0.4 is 5.56 Å². The third-order valence-electron chi connectivity index (χ3n) is 3.54. The molecule has 0 bridgehead atoms. The van der Waals surface area contributed by atoms with Crippen molar-refractivity contribution >= 4 is 16.7 Å². The maximum atomic E-state index is 12.8. The van der Waals surface area contributed by atoms with Crippen molar-refractivity contribution in [1.82, 2.24) is 29.1 Å².